The van der Waals surface area contributed by atoms with Crippen LogP contribution in [0.5, 0.6) is 5.75 Å². The van der Waals surface area contributed by atoms with E-state index in [-0.39, 0.29) is 28.1 Å². The molecule has 0 aromatic heterocycles. The number of carbonyl (C=O) groups is 5. The fourth-order valence-electron chi connectivity index (χ4n) is 2.63. The Bertz CT molecular complexity index is 1090. The monoisotopic (exact) mass is 494 g/mol. The lowest BCUT2D eigenvalue weighted by molar-refractivity contribution is -0.146. The van der Waals surface area contributed by atoms with E-state index >= 15 is 0 Å². The average Bonchev–Trinajstić information content (AvgIpc) is 2.84. The highest BCUT2D eigenvalue weighted by Gasteiger charge is 2.16. The summed E-state index contributed by atoms with van der Waals surface area (Å²) in [5.41, 5.74) is -0.0732. The smallest absolute Gasteiger partial charge is 0.387 e. The molecule has 11 nitrogen and oxygen atoms in total. The van der Waals surface area contributed by atoms with Crippen LogP contribution in [-0.2, 0) is 23.8 Å². The predicted molar refractivity (Wildman–Crippen MR) is 114 cm³/mol. The number of anilines is 1. The number of alkyl halides is 2. The summed E-state index contributed by atoms with van der Waals surface area (Å²) < 4.78 is 42.7. The number of ether oxygens (including phenoxy) is 4. The van der Waals surface area contributed by atoms with Gasteiger partial charge in [0.2, 0.25) is 0 Å². The van der Waals surface area contributed by atoms with Gasteiger partial charge in [-0.05, 0) is 36.4 Å². The highest BCUT2D eigenvalue weighted by atomic mass is 19.3. The number of halogens is 2. The highest BCUT2D eigenvalue weighted by molar-refractivity contribution is 6.00. The number of amides is 2. The third-order valence-corrected chi connectivity index (χ3v) is 4.14. The highest BCUT2D eigenvalue weighted by Crippen LogP contribution is 2.17. The molecule has 0 radical (unpaired) electrons. The lowest BCUT2D eigenvalue weighted by Crippen LogP contribution is -2.32. The second kappa shape index (κ2) is 12.6. The predicted octanol–water partition coefficient (Wildman–Crippen LogP) is 1.77. The van der Waals surface area contributed by atoms with Crippen LogP contribution in [0.2, 0.25) is 0 Å². The summed E-state index contributed by atoms with van der Waals surface area (Å²) in [7, 11) is 2.27. The molecule has 2 amide bonds. The van der Waals surface area contributed by atoms with E-state index in [0.717, 1.165) is 20.3 Å². The fraction of sp³-hybridized carbons (Fsp3) is 0.227. The quantitative estimate of drug-likeness (QED) is 0.373. The molecule has 2 N–H and O–H groups in total. The Hall–Kier alpha value is -4.55. The molecule has 2 rings (SSSR count). The molecule has 2 aromatic carbocycles. The van der Waals surface area contributed by atoms with Crippen LogP contribution in [0.4, 0.5) is 14.5 Å². The molecule has 0 aliphatic heterocycles. The van der Waals surface area contributed by atoms with Gasteiger partial charge in [0, 0.05) is 11.3 Å². The van der Waals surface area contributed by atoms with Gasteiger partial charge in [-0.2, -0.15) is 8.78 Å². The molecular formula is C22H20F2N2O9. The van der Waals surface area contributed by atoms with Gasteiger partial charge in [-0.15, -0.1) is 0 Å². The molecule has 0 fully saturated rings. The minimum Gasteiger partial charge on any atom is -0.465 e. The molecule has 0 atom stereocenters. The van der Waals surface area contributed by atoms with Crippen molar-refractivity contribution in [2.75, 3.05) is 32.7 Å². The summed E-state index contributed by atoms with van der Waals surface area (Å²) in [5.74, 6) is -4.30. The number of carbonyl (C=O) groups excluding carboxylic acids is 5. The third-order valence-electron chi connectivity index (χ3n) is 4.14. The van der Waals surface area contributed by atoms with Crippen LogP contribution < -0.4 is 15.4 Å². The maximum absolute atomic E-state index is 12.3. The average molecular weight is 494 g/mol. The van der Waals surface area contributed by atoms with Gasteiger partial charge in [0.1, 0.15) is 12.3 Å². The molecule has 0 bridgehead atoms. The molecule has 0 saturated carbocycles. The van der Waals surface area contributed by atoms with Crippen molar-refractivity contribution in [1.82, 2.24) is 5.32 Å². The molecule has 0 saturated heterocycles. The Labute approximate surface area is 197 Å². The van der Waals surface area contributed by atoms with Crippen molar-refractivity contribution in [3.63, 3.8) is 0 Å². The van der Waals surface area contributed by atoms with Gasteiger partial charge in [-0.3, -0.25) is 14.4 Å². The molecule has 0 aliphatic carbocycles. The number of rotatable bonds is 10. The number of esters is 3. The standard InChI is InChI=1S/C22H20F2N2O9/c1-32-20(30)13-6-14(21(31)33-2)8-15(7-13)26-17(27)11-34-18(28)10-25-19(29)12-4-3-5-16(9-12)35-22(23)24/h3-9,22H,10-11H2,1-2H3,(H,25,29)(H,26,27). The zero-order valence-corrected chi connectivity index (χ0v) is 18.5. The molecule has 0 unspecified atom stereocenters. The number of benzene rings is 2. The SMILES string of the molecule is COC(=O)c1cc(NC(=O)COC(=O)CNC(=O)c2cccc(OC(F)F)c2)cc(C(=O)OC)c1. The van der Waals surface area contributed by atoms with Crippen LogP contribution in [-0.4, -0.2) is 63.7 Å². The van der Waals surface area contributed by atoms with Crippen molar-refractivity contribution in [3.8, 4) is 5.75 Å². The van der Waals surface area contributed by atoms with Gasteiger partial charge >= 0.3 is 24.5 Å². The van der Waals surface area contributed by atoms with Crippen LogP contribution in [0.1, 0.15) is 31.1 Å². The first-order valence-electron chi connectivity index (χ1n) is 9.73. The Morgan fingerprint density at radius 1 is 0.886 bits per heavy atom. The summed E-state index contributed by atoms with van der Waals surface area (Å²) in [5, 5.41) is 4.57. The van der Waals surface area contributed by atoms with Crippen molar-refractivity contribution < 1.29 is 51.7 Å². The lowest BCUT2D eigenvalue weighted by Gasteiger charge is -2.10. The first-order valence-corrected chi connectivity index (χ1v) is 9.73. The van der Waals surface area contributed by atoms with E-state index in [1.54, 1.807) is 0 Å². The van der Waals surface area contributed by atoms with E-state index in [4.69, 9.17) is 4.74 Å². The van der Waals surface area contributed by atoms with Gasteiger partial charge in [0.05, 0.1) is 25.3 Å². The number of hydrogen-bond acceptors (Lipinski definition) is 9. The van der Waals surface area contributed by atoms with E-state index in [2.05, 4.69) is 24.8 Å². The molecule has 35 heavy (non-hydrogen) atoms. The minimum atomic E-state index is -3.07. The number of nitrogens with one attached hydrogen (secondary N) is 2. The van der Waals surface area contributed by atoms with E-state index < -0.39 is 49.5 Å². The van der Waals surface area contributed by atoms with Gasteiger partial charge in [-0.25, -0.2) is 9.59 Å². The molecule has 0 aliphatic rings. The largest absolute Gasteiger partial charge is 0.465 e. The maximum atomic E-state index is 12.3. The normalized spacial score (nSPS) is 10.2. The van der Waals surface area contributed by atoms with E-state index in [9.17, 15) is 32.8 Å². The van der Waals surface area contributed by atoms with Crippen LogP contribution in [0.3, 0.4) is 0 Å². The van der Waals surface area contributed by atoms with Crippen molar-refractivity contribution in [2.45, 2.75) is 6.61 Å². The van der Waals surface area contributed by atoms with Crippen LogP contribution in [0.25, 0.3) is 0 Å². The van der Waals surface area contributed by atoms with Gasteiger partial charge < -0.3 is 29.6 Å². The van der Waals surface area contributed by atoms with Gasteiger partial charge in [0.25, 0.3) is 11.8 Å². The Morgan fingerprint density at radius 3 is 2.09 bits per heavy atom. The number of hydrogen-bond donors (Lipinski definition) is 2. The molecular weight excluding hydrogens is 474 g/mol. The number of methoxy groups -OCH3 is 2. The van der Waals surface area contributed by atoms with Crippen molar-refractivity contribution in [2.24, 2.45) is 0 Å². The van der Waals surface area contributed by atoms with Gasteiger partial charge in [-0.1, -0.05) is 6.07 Å². The summed E-state index contributed by atoms with van der Waals surface area (Å²) in [6.07, 6.45) is 0. The zero-order chi connectivity index (χ0) is 26.0. The first-order chi connectivity index (χ1) is 16.6. The second-order valence-electron chi connectivity index (χ2n) is 6.58. The molecule has 0 heterocycles. The maximum Gasteiger partial charge on any atom is 0.387 e. The Balaban J connectivity index is 1.90. The Kier molecular flexibility index (Phi) is 9.63. The summed E-state index contributed by atoms with van der Waals surface area (Å²) in [6.45, 7) is -4.43. The molecule has 13 heteroatoms. The van der Waals surface area contributed by atoms with Crippen molar-refractivity contribution in [1.29, 1.82) is 0 Å². The molecule has 0 spiro atoms. The zero-order valence-electron chi connectivity index (χ0n) is 18.5. The van der Waals surface area contributed by atoms with E-state index in [1.807, 2.05) is 0 Å². The fourth-order valence-corrected chi connectivity index (χ4v) is 2.63. The summed E-state index contributed by atoms with van der Waals surface area (Å²) in [4.78, 5) is 59.6. The van der Waals surface area contributed by atoms with Gasteiger partial charge in [0.15, 0.2) is 6.61 Å². The molecule has 186 valence electrons. The Morgan fingerprint density at radius 2 is 1.51 bits per heavy atom. The van der Waals surface area contributed by atoms with Crippen LogP contribution in [0.15, 0.2) is 42.5 Å². The molecule has 2 aromatic rings. The summed E-state index contributed by atoms with van der Waals surface area (Å²) >= 11 is 0. The lowest BCUT2D eigenvalue weighted by atomic mass is 10.1. The third kappa shape index (κ3) is 8.38. The van der Waals surface area contributed by atoms with E-state index in [0.29, 0.717) is 0 Å². The topological polar surface area (TPSA) is 146 Å². The van der Waals surface area contributed by atoms with Crippen molar-refractivity contribution in [3.05, 3.63) is 59.2 Å². The summed E-state index contributed by atoms with van der Waals surface area (Å²) in [6, 6.07) is 8.61. The van der Waals surface area contributed by atoms with E-state index in [1.165, 1.54) is 36.4 Å². The van der Waals surface area contributed by atoms with Crippen LogP contribution in [0, 0.1) is 0 Å². The first kappa shape index (κ1) is 26.7. The minimum absolute atomic E-state index is 0.0339. The van der Waals surface area contributed by atoms with Crippen LogP contribution >= 0.6 is 0 Å². The van der Waals surface area contributed by atoms with Crippen molar-refractivity contribution >= 4 is 35.4 Å². The second-order valence-corrected chi connectivity index (χ2v) is 6.58.